The van der Waals surface area contributed by atoms with Gasteiger partial charge in [0.1, 0.15) is 24.4 Å². The summed E-state index contributed by atoms with van der Waals surface area (Å²) in [5, 5.41) is 64.4. The quantitative estimate of drug-likeness (QED) is 0.0274. The lowest BCUT2D eigenvalue weighted by Gasteiger charge is -2.40. The van der Waals surface area contributed by atoms with Crippen LogP contribution in [0.15, 0.2) is 36.0 Å². The van der Waals surface area contributed by atoms with Crippen LogP contribution in [0.2, 0.25) is 0 Å². The van der Waals surface area contributed by atoms with Crippen LogP contribution in [0.5, 0.6) is 0 Å². The van der Waals surface area contributed by atoms with Crippen LogP contribution in [0, 0.1) is 0 Å². The number of rotatable bonds is 33. The minimum Gasteiger partial charge on any atom is -0.394 e. The molecule has 0 spiro atoms. The maximum Gasteiger partial charge on any atom is 0.253 e. The first kappa shape index (κ1) is 49.4. The zero-order valence-electron chi connectivity index (χ0n) is 33.6. The second kappa shape index (κ2) is 32.6. The standard InChI is InChI=1S/C43H79NO9/c1-4-6-8-10-12-13-14-15-16-17-18-20-22-26-31-37(47)42(51)44-35(33-52-43-41(50)40(49)39(48)38(32-45)53-43)36(46)30-27-23-25-29-34(3)28-24-21-19-11-9-7-5-2/h26-27,29-31,35-41,43,45-50H,4-25,28,32-33H2,1-3H3,(H,44,51)/b30-27+,31-26+,34-29+/t35?,36?,37?,38?,39-,40?,41?,43-/m1/s1. The van der Waals surface area contributed by atoms with Gasteiger partial charge in [-0.05, 0) is 45.4 Å². The predicted molar refractivity (Wildman–Crippen MR) is 213 cm³/mol. The Labute approximate surface area is 322 Å². The van der Waals surface area contributed by atoms with Crippen molar-refractivity contribution in [1.29, 1.82) is 0 Å². The summed E-state index contributed by atoms with van der Waals surface area (Å²) in [5.41, 5.74) is 1.35. The van der Waals surface area contributed by atoms with Gasteiger partial charge in [0.25, 0.3) is 5.91 Å². The van der Waals surface area contributed by atoms with E-state index >= 15 is 0 Å². The number of carbonyl (C=O) groups excluding carboxylic acids is 1. The van der Waals surface area contributed by atoms with Crippen molar-refractivity contribution >= 4 is 5.91 Å². The van der Waals surface area contributed by atoms with E-state index in [1.807, 2.05) is 6.08 Å². The Morgan fingerprint density at radius 2 is 1.23 bits per heavy atom. The molecule has 8 atom stereocenters. The lowest BCUT2D eigenvalue weighted by atomic mass is 9.99. The van der Waals surface area contributed by atoms with E-state index in [-0.39, 0.29) is 6.61 Å². The van der Waals surface area contributed by atoms with Crippen molar-refractivity contribution in [3.63, 3.8) is 0 Å². The van der Waals surface area contributed by atoms with Gasteiger partial charge in [-0.1, -0.05) is 159 Å². The number of carbonyl (C=O) groups is 1. The van der Waals surface area contributed by atoms with Crippen molar-refractivity contribution in [3.05, 3.63) is 36.0 Å². The van der Waals surface area contributed by atoms with Crippen LogP contribution >= 0.6 is 0 Å². The van der Waals surface area contributed by atoms with Crippen molar-refractivity contribution in [2.24, 2.45) is 0 Å². The van der Waals surface area contributed by atoms with E-state index in [2.05, 4.69) is 32.2 Å². The number of amides is 1. The highest BCUT2D eigenvalue weighted by Gasteiger charge is 2.44. The monoisotopic (exact) mass is 754 g/mol. The zero-order valence-corrected chi connectivity index (χ0v) is 33.6. The number of hydrogen-bond donors (Lipinski definition) is 7. The molecule has 0 aromatic rings. The molecule has 10 nitrogen and oxygen atoms in total. The van der Waals surface area contributed by atoms with Crippen LogP contribution < -0.4 is 5.32 Å². The van der Waals surface area contributed by atoms with Gasteiger partial charge in [0.15, 0.2) is 12.4 Å². The summed E-state index contributed by atoms with van der Waals surface area (Å²) < 4.78 is 11.1. The first-order valence-corrected chi connectivity index (χ1v) is 21.2. The fourth-order valence-corrected chi connectivity index (χ4v) is 6.57. The van der Waals surface area contributed by atoms with Crippen LogP contribution in [0.4, 0.5) is 0 Å². The van der Waals surface area contributed by atoms with Gasteiger partial charge in [-0.3, -0.25) is 4.79 Å². The molecule has 0 saturated carbocycles. The average molecular weight is 754 g/mol. The fraction of sp³-hybridized carbons (Fsp3) is 0.837. The minimum atomic E-state index is -1.62. The third-order valence-electron chi connectivity index (χ3n) is 10.2. The average Bonchev–Trinajstić information content (AvgIpc) is 3.15. The first-order valence-electron chi connectivity index (χ1n) is 21.2. The number of hydrogen-bond acceptors (Lipinski definition) is 9. The molecule has 6 unspecified atom stereocenters. The van der Waals surface area contributed by atoms with Gasteiger partial charge in [0.2, 0.25) is 0 Å². The molecule has 1 saturated heterocycles. The van der Waals surface area contributed by atoms with Gasteiger partial charge < -0.3 is 45.4 Å². The summed E-state index contributed by atoms with van der Waals surface area (Å²) >= 11 is 0. The zero-order chi connectivity index (χ0) is 39.1. The van der Waals surface area contributed by atoms with Crippen molar-refractivity contribution in [2.75, 3.05) is 13.2 Å². The third-order valence-corrected chi connectivity index (χ3v) is 10.2. The van der Waals surface area contributed by atoms with Crippen molar-refractivity contribution in [3.8, 4) is 0 Å². The van der Waals surface area contributed by atoms with E-state index in [4.69, 9.17) is 9.47 Å². The molecule has 7 N–H and O–H groups in total. The molecular weight excluding hydrogens is 674 g/mol. The van der Waals surface area contributed by atoms with E-state index in [1.54, 1.807) is 12.2 Å². The van der Waals surface area contributed by atoms with Crippen LogP contribution in [-0.4, -0.2) is 98.7 Å². The Morgan fingerprint density at radius 1 is 0.698 bits per heavy atom. The van der Waals surface area contributed by atoms with E-state index < -0.39 is 61.5 Å². The van der Waals surface area contributed by atoms with Crippen LogP contribution in [0.3, 0.4) is 0 Å². The second-order valence-electron chi connectivity index (χ2n) is 15.1. The maximum atomic E-state index is 13.0. The summed E-state index contributed by atoms with van der Waals surface area (Å²) in [4.78, 5) is 13.0. The molecule has 0 aromatic heterocycles. The predicted octanol–water partition coefficient (Wildman–Crippen LogP) is 7.08. The molecule has 1 rings (SSSR count). The molecule has 0 aliphatic carbocycles. The van der Waals surface area contributed by atoms with Crippen LogP contribution in [0.1, 0.15) is 168 Å². The lowest BCUT2D eigenvalue weighted by Crippen LogP contribution is -2.60. The van der Waals surface area contributed by atoms with E-state index in [0.717, 1.165) is 32.1 Å². The molecule has 0 bridgehead atoms. The molecule has 1 amide bonds. The molecule has 310 valence electrons. The van der Waals surface area contributed by atoms with Gasteiger partial charge in [-0.25, -0.2) is 0 Å². The number of aliphatic hydroxyl groups excluding tert-OH is 6. The Kier molecular flexibility index (Phi) is 30.4. The van der Waals surface area contributed by atoms with Gasteiger partial charge in [0, 0.05) is 0 Å². The summed E-state index contributed by atoms with van der Waals surface area (Å²) in [6.45, 7) is 5.67. The largest absolute Gasteiger partial charge is 0.394 e. The minimum absolute atomic E-state index is 0.341. The van der Waals surface area contributed by atoms with Crippen molar-refractivity contribution < 1.29 is 44.9 Å². The van der Waals surface area contributed by atoms with E-state index in [9.17, 15) is 35.4 Å². The maximum absolute atomic E-state index is 13.0. The Bertz CT molecular complexity index is 971. The van der Waals surface area contributed by atoms with Crippen LogP contribution in [-0.2, 0) is 14.3 Å². The summed E-state index contributed by atoms with van der Waals surface area (Å²) in [5.74, 6) is -0.713. The SMILES string of the molecule is CCCCCCCCCCCCCC/C=C/C(O)C(=O)NC(CO[C@@H]1OC(CO)[C@@H](O)C(O)C1O)C(O)/C=C/CC/C=C(\C)CCCCCCCCC. The number of allylic oxidation sites excluding steroid dienone is 4. The van der Waals surface area contributed by atoms with Crippen molar-refractivity contribution in [2.45, 2.75) is 217 Å². The topological polar surface area (TPSA) is 169 Å². The highest BCUT2D eigenvalue weighted by atomic mass is 16.7. The summed E-state index contributed by atoms with van der Waals surface area (Å²) in [6, 6.07) is -1.03. The molecule has 0 radical (unpaired) electrons. The third kappa shape index (κ3) is 23.8. The number of unbranched alkanes of at least 4 members (excludes halogenated alkanes) is 19. The van der Waals surface area contributed by atoms with Gasteiger partial charge in [-0.2, -0.15) is 0 Å². The van der Waals surface area contributed by atoms with Gasteiger partial charge in [-0.15, -0.1) is 0 Å². The normalized spacial score (nSPS) is 22.8. The molecule has 0 aromatic carbocycles. The molecule has 10 heteroatoms. The highest BCUT2D eigenvalue weighted by molar-refractivity contribution is 5.82. The first-order chi connectivity index (χ1) is 25.7. The lowest BCUT2D eigenvalue weighted by molar-refractivity contribution is -0.302. The van der Waals surface area contributed by atoms with E-state index in [1.165, 1.54) is 121 Å². The van der Waals surface area contributed by atoms with Crippen molar-refractivity contribution in [1.82, 2.24) is 5.32 Å². The number of nitrogens with one attached hydrogen (secondary N) is 1. The van der Waals surface area contributed by atoms with Gasteiger partial charge in [0.05, 0.1) is 25.4 Å². The molecule has 1 fully saturated rings. The Morgan fingerprint density at radius 3 is 1.79 bits per heavy atom. The summed E-state index contributed by atoms with van der Waals surface area (Å²) in [6.07, 6.45) is 26.3. The fourth-order valence-electron chi connectivity index (χ4n) is 6.57. The molecule has 1 aliphatic rings. The molecular formula is C43H79NO9. The Balaban J connectivity index is 2.59. The number of aliphatic hydroxyl groups is 6. The highest BCUT2D eigenvalue weighted by Crippen LogP contribution is 2.22. The smallest absolute Gasteiger partial charge is 0.253 e. The molecule has 1 heterocycles. The van der Waals surface area contributed by atoms with E-state index in [0.29, 0.717) is 6.42 Å². The molecule has 1 aliphatic heterocycles. The molecule has 53 heavy (non-hydrogen) atoms. The van der Waals surface area contributed by atoms with Gasteiger partial charge >= 0.3 is 0 Å². The van der Waals surface area contributed by atoms with Crippen LogP contribution in [0.25, 0.3) is 0 Å². The number of ether oxygens (including phenoxy) is 2. The Hall–Kier alpha value is -1.63. The second-order valence-corrected chi connectivity index (χ2v) is 15.1. The summed E-state index contributed by atoms with van der Waals surface area (Å²) in [7, 11) is 0.